The van der Waals surface area contributed by atoms with E-state index in [9.17, 15) is 28.0 Å². The van der Waals surface area contributed by atoms with Gasteiger partial charge in [0.05, 0.1) is 19.2 Å². The predicted molar refractivity (Wildman–Crippen MR) is 242 cm³/mol. The van der Waals surface area contributed by atoms with E-state index >= 15 is 0 Å². The van der Waals surface area contributed by atoms with E-state index in [0.717, 1.165) is 41.2 Å². The molecule has 0 spiro atoms. The Morgan fingerprint density at radius 2 is 1.28 bits per heavy atom. The summed E-state index contributed by atoms with van der Waals surface area (Å²) in [4.78, 5) is 66.8. The molecule has 0 fully saturated rings. The lowest BCUT2D eigenvalue weighted by molar-refractivity contribution is 0.101. The molecule has 0 saturated carbocycles. The molecule has 5 heterocycles. The molecule has 24 heteroatoms. The summed E-state index contributed by atoms with van der Waals surface area (Å²) in [6.07, 6.45) is 12.9. The number of imidazole rings is 1. The number of amides is 3. The number of fused-ring (bicyclic) bond motifs is 2. The number of nitrogens with zero attached hydrogens (tertiary/aromatic N) is 12. The first-order valence-corrected chi connectivity index (χ1v) is 21.0. The molecule has 69 heavy (non-hydrogen) atoms. The Bertz CT molecular complexity index is 3120. The lowest BCUT2D eigenvalue weighted by Crippen LogP contribution is -2.27. The fourth-order valence-electron chi connectivity index (χ4n) is 7.71. The molecule has 0 saturated heterocycles. The van der Waals surface area contributed by atoms with Gasteiger partial charge < -0.3 is 40.3 Å². The Morgan fingerprint density at radius 1 is 0.754 bits per heavy atom. The Kier molecular flexibility index (Phi) is 14.6. The molecule has 2 atom stereocenters. The number of hydrogen-bond acceptors (Lipinski definition) is 12. The number of anilines is 2. The molecule has 2 unspecified atom stereocenters. The molecule has 5 N–H and O–H groups in total. The third kappa shape index (κ3) is 11.3. The summed E-state index contributed by atoms with van der Waals surface area (Å²) in [6, 6.07) is 7.47. The number of hydrogen-bond donors (Lipinski definition) is 4. The lowest BCUT2D eigenvalue weighted by atomic mass is 10.1. The molecular weight excluding hydrogens is 899 g/mol. The normalized spacial score (nSPS) is 14.1. The van der Waals surface area contributed by atoms with Gasteiger partial charge in [-0.15, -0.1) is 0 Å². The van der Waals surface area contributed by atoms with E-state index in [1.807, 2.05) is 6.20 Å². The van der Waals surface area contributed by atoms with Gasteiger partial charge in [0.1, 0.15) is 42.0 Å². The largest absolute Gasteiger partial charge is 0.441 e. The minimum Gasteiger partial charge on any atom is -0.441 e. The Balaban J connectivity index is 0.000000164. The molecule has 9 rings (SSSR count). The zero-order valence-electron chi connectivity index (χ0n) is 37.6. The first kappa shape index (κ1) is 47.9. The maximum Gasteiger partial charge on any atom is 0.419 e. The number of halogens is 2. The van der Waals surface area contributed by atoms with Crippen molar-refractivity contribution < 1.29 is 37.4 Å². The van der Waals surface area contributed by atoms with Crippen molar-refractivity contribution in [3.05, 3.63) is 160 Å². The molecular formula is C45H44F2N16O6. The molecule has 354 valence electrons. The maximum atomic E-state index is 13.5. The van der Waals surface area contributed by atoms with E-state index < -0.39 is 23.8 Å². The zero-order chi connectivity index (χ0) is 49.4. The molecule has 0 radical (unpaired) electrons. The van der Waals surface area contributed by atoms with Gasteiger partial charge in [-0.2, -0.15) is 10.2 Å². The number of alkyl carbamates (subject to hydrolysis) is 1. The molecule has 22 nitrogen and oxygen atoms in total. The number of aromatic nitrogens is 10. The minimum atomic E-state index is -0.641. The molecule has 7 aromatic rings. The molecule has 5 aromatic heterocycles. The van der Waals surface area contributed by atoms with Crippen LogP contribution in [0.1, 0.15) is 79.8 Å². The van der Waals surface area contributed by atoms with Crippen LogP contribution in [0.2, 0.25) is 0 Å². The quantitative estimate of drug-likeness (QED) is 0.120. The van der Waals surface area contributed by atoms with Gasteiger partial charge in [0.15, 0.2) is 24.9 Å². The van der Waals surface area contributed by atoms with Crippen molar-refractivity contribution in [1.82, 2.24) is 53.5 Å². The van der Waals surface area contributed by atoms with Gasteiger partial charge in [-0.25, -0.2) is 47.6 Å². The Labute approximate surface area is 392 Å². The van der Waals surface area contributed by atoms with Gasteiger partial charge in [0.25, 0.3) is 11.8 Å². The fourth-order valence-corrected chi connectivity index (χ4v) is 7.71. The average Bonchev–Trinajstić information content (AvgIpc) is 4.21. The zero-order valence-corrected chi connectivity index (χ0v) is 37.6. The summed E-state index contributed by atoms with van der Waals surface area (Å²) in [7, 11) is 7.01. The van der Waals surface area contributed by atoms with Gasteiger partial charge >= 0.3 is 12.2 Å². The van der Waals surface area contributed by atoms with Crippen molar-refractivity contribution in [3.63, 3.8) is 0 Å². The van der Waals surface area contributed by atoms with E-state index in [4.69, 9.17) is 28.4 Å². The summed E-state index contributed by atoms with van der Waals surface area (Å²) in [5.74, 6) is -1.03. The summed E-state index contributed by atoms with van der Waals surface area (Å²) >= 11 is 0. The van der Waals surface area contributed by atoms with Gasteiger partial charge in [0, 0.05) is 70.4 Å². The van der Waals surface area contributed by atoms with Crippen molar-refractivity contribution in [2.75, 3.05) is 10.6 Å². The third-order valence-corrected chi connectivity index (χ3v) is 10.8. The summed E-state index contributed by atoms with van der Waals surface area (Å²) in [5.41, 5.74) is 11.1. The molecule has 0 bridgehead atoms. The minimum absolute atomic E-state index is 0.0257. The van der Waals surface area contributed by atoms with Gasteiger partial charge in [0.2, 0.25) is 11.4 Å². The molecule has 0 aliphatic heterocycles. The standard InChI is InChI=1S/C21H20FN7O3.C16H15FN4O.C8H9N5O2/c1-23-17-8-12(4-6-15(17)22)25-20(30)19-13-5-7-16(14(13)9-28(19)2)26-21(31)32-10-18-24-11-29(3)27-18;1-19-14-7-9(3-5-12(14)17)20-16(22)15-10-4-6-13(18)11(10)8-21(15)2;1-12-6-10-7(11-12)4-15-8(14)13-3-2-9-5-13/h4,6,8-9,11,16H,5,7,10H2,2-3H3,(H,25,30)(H,26,31);3,5,7-8,13H,4,6,18H2,2H3,(H,20,22);2-3,5-6H,4H2,1H3. The highest BCUT2D eigenvalue weighted by Crippen LogP contribution is 2.36. The summed E-state index contributed by atoms with van der Waals surface area (Å²) < 4.78 is 44.7. The van der Waals surface area contributed by atoms with Crippen LogP contribution >= 0.6 is 0 Å². The Hall–Kier alpha value is -9.03. The van der Waals surface area contributed by atoms with Crippen LogP contribution in [-0.2, 0) is 63.7 Å². The van der Waals surface area contributed by atoms with Crippen LogP contribution < -0.4 is 21.7 Å². The third-order valence-electron chi connectivity index (χ3n) is 10.8. The Morgan fingerprint density at radius 3 is 1.78 bits per heavy atom. The van der Waals surface area contributed by atoms with Crippen LogP contribution in [0.3, 0.4) is 0 Å². The second-order valence-electron chi connectivity index (χ2n) is 15.7. The number of rotatable bonds is 9. The highest BCUT2D eigenvalue weighted by molar-refractivity contribution is 6.05. The van der Waals surface area contributed by atoms with E-state index in [0.29, 0.717) is 47.3 Å². The van der Waals surface area contributed by atoms with Crippen molar-refractivity contribution in [3.8, 4) is 0 Å². The van der Waals surface area contributed by atoms with Crippen molar-refractivity contribution in [2.24, 2.45) is 33.9 Å². The number of nitrogens with two attached hydrogens (primary N) is 1. The van der Waals surface area contributed by atoms with Crippen molar-refractivity contribution in [1.29, 1.82) is 0 Å². The number of benzene rings is 2. The van der Waals surface area contributed by atoms with E-state index in [1.165, 1.54) is 64.6 Å². The number of aryl methyl sites for hydroxylation is 4. The van der Waals surface area contributed by atoms with Crippen LogP contribution in [-0.4, -0.2) is 72.2 Å². The number of carbonyl (C=O) groups is 4. The highest BCUT2D eigenvalue weighted by Gasteiger charge is 2.32. The van der Waals surface area contributed by atoms with Gasteiger partial charge in [-0.1, -0.05) is 0 Å². The molecule has 2 aromatic carbocycles. The number of nitrogens with one attached hydrogen (secondary N) is 3. The van der Waals surface area contributed by atoms with Gasteiger partial charge in [-0.3, -0.25) is 19.0 Å². The topological polar surface area (TPSA) is 247 Å². The first-order valence-electron chi connectivity index (χ1n) is 21.0. The monoisotopic (exact) mass is 942 g/mol. The van der Waals surface area contributed by atoms with Crippen LogP contribution in [0.5, 0.6) is 0 Å². The molecule has 2 aliphatic rings. The second kappa shape index (κ2) is 21.1. The SMILES string of the molecule is Cn1cnc(COC(=O)n2ccnc2)n1.[C-]#[N+]c1cc(NC(=O)c2c3c(cn2C)C(N)CC3)ccc1F.[C-]#[N+]c1cc(NC(=O)c2c3c(cn2C)C(NC(=O)OCc2ncn(C)n2)CC3)ccc1F. The average molecular weight is 943 g/mol. The van der Waals surface area contributed by atoms with Crippen molar-refractivity contribution >= 4 is 46.8 Å². The fraction of sp³-hybridized carbons (Fsp3) is 0.267. The van der Waals surface area contributed by atoms with Gasteiger partial charge in [-0.05, 0) is 84.3 Å². The van der Waals surface area contributed by atoms with Crippen LogP contribution in [0, 0.1) is 24.8 Å². The number of carbonyl (C=O) groups excluding carboxylic acids is 4. The number of ether oxygens (including phenoxy) is 2. The summed E-state index contributed by atoms with van der Waals surface area (Å²) in [5, 5.41) is 16.3. The van der Waals surface area contributed by atoms with E-state index in [2.05, 4.69) is 50.8 Å². The molecule has 3 amide bonds. The van der Waals surface area contributed by atoms with Crippen LogP contribution in [0.15, 0.2) is 80.2 Å². The van der Waals surface area contributed by atoms with Crippen LogP contribution in [0.4, 0.5) is 41.1 Å². The summed E-state index contributed by atoms with van der Waals surface area (Å²) in [6.45, 7) is 13.9. The molecule has 2 aliphatic carbocycles. The maximum absolute atomic E-state index is 13.5. The van der Waals surface area contributed by atoms with E-state index in [-0.39, 0.29) is 48.5 Å². The first-order chi connectivity index (χ1) is 33.1. The van der Waals surface area contributed by atoms with E-state index in [1.54, 1.807) is 54.5 Å². The smallest absolute Gasteiger partial charge is 0.419 e. The second-order valence-corrected chi connectivity index (χ2v) is 15.7. The highest BCUT2D eigenvalue weighted by atomic mass is 19.1. The lowest BCUT2D eigenvalue weighted by Gasteiger charge is -2.12. The van der Waals surface area contributed by atoms with Crippen LogP contribution in [0.25, 0.3) is 9.69 Å². The predicted octanol–water partition coefficient (Wildman–Crippen LogP) is 6.12. The van der Waals surface area contributed by atoms with Crippen molar-refractivity contribution in [2.45, 2.75) is 51.0 Å².